The highest BCUT2D eigenvalue weighted by molar-refractivity contribution is 5.89. The van der Waals surface area contributed by atoms with Crippen LogP contribution in [0.5, 0.6) is 5.75 Å². The van der Waals surface area contributed by atoms with Crippen molar-refractivity contribution in [3.05, 3.63) is 64.4 Å². The zero-order valence-electron chi connectivity index (χ0n) is 15.8. The zero-order valence-corrected chi connectivity index (χ0v) is 15.8. The molecule has 0 aliphatic rings. The lowest BCUT2D eigenvalue weighted by molar-refractivity contribution is 0.415. The summed E-state index contributed by atoms with van der Waals surface area (Å²) < 4.78 is 5.18. The fourth-order valence-corrected chi connectivity index (χ4v) is 2.95. The molecular weight excluding hydrogens is 340 g/mol. The lowest BCUT2D eigenvalue weighted by Crippen LogP contribution is -2.21. The van der Waals surface area contributed by atoms with E-state index in [2.05, 4.69) is 33.9 Å². The van der Waals surface area contributed by atoms with Gasteiger partial charge in [-0.25, -0.2) is 0 Å². The first-order valence-corrected chi connectivity index (χ1v) is 9.00. The number of hydrogen-bond donors (Lipinski definition) is 2. The summed E-state index contributed by atoms with van der Waals surface area (Å²) in [7, 11) is 1.62. The molecule has 2 aromatic carbocycles. The van der Waals surface area contributed by atoms with Crippen LogP contribution in [0.3, 0.4) is 0 Å². The van der Waals surface area contributed by atoms with Crippen molar-refractivity contribution in [3.63, 3.8) is 0 Å². The Balaban J connectivity index is 1.85. The average Bonchev–Trinajstić information content (AvgIpc) is 3.09. The number of methoxy groups -OCH3 is 1. The van der Waals surface area contributed by atoms with E-state index in [4.69, 9.17) is 4.74 Å². The van der Waals surface area contributed by atoms with Gasteiger partial charge in [-0.05, 0) is 62.4 Å². The molecule has 6 nitrogen and oxygen atoms in total. The van der Waals surface area contributed by atoms with Gasteiger partial charge in [0.1, 0.15) is 5.75 Å². The standard InChI is InChI=1S/C21H24N4O2/c1-4-25(5-2)17-10-8-16(9-11-17)22-14-19-20(23-24-21(19)26)15-6-12-18(27-3)13-7-15/h6-14H,4-5H2,1-3H3,(H2,23,24,26). The van der Waals surface area contributed by atoms with Gasteiger partial charge < -0.3 is 9.64 Å². The second-order valence-electron chi connectivity index (χ2n) is 6.04. The molecule has 0 radical (unpaired) electrons. The Morgan fingerprint density at radius 1 is 1.00 bits per heavy atom. The molecule has 0 fully saturated rings. The highest BCUT2D eigenvalue weighted by Crippen LogP contribution is 2.23. The number of anilines is 1. The number of aliphatic imine (C=N–C) groups is 1. The number of nitrogens with zero attached hydrogens (tertiary/aromatic N) is 2. The Labute approximate surface area is 158 Å². The largest absolute Gasteiger partial charge is 0.497 e. The summed E-state index contributed by atoms with van der Waals surface area (Å²) in [6, 6.07) is 15.5. The molecule has 0 amide bonds. The van der Waals surface area contributed by atoms with E-state index in [-0.39, 0.29) is 5.56 Å². The summed E-state index contributed by atoms with van der Waals surface area (Å²) in [6.45, 7) is 6.19. The van der Waals surface area contributed by atoms with Gasteiger partial charge in [-0.1, -0.05) is 0 Å². The van der Waals surface area contributed by atoms with Crippen LogP contribution < -0.4 is 15.2 Å². The predicted octanol–water partition coefficient (Wildman–Crippen LogP) is 3.98. The maximum absolute atomic E-state index is 12.2. The van der Waals surface area contributed by atoms with Crippen LogP contribution in [0.25, 0.3) is 11.3 Å². The number of benzene rings is 2. The van der Waals surface area contributed by atoms with Crippen LogP contribution in [0.2, 0.25) is 0 Å². The van der Waals surface area contributed by atoms with Crippen molar-refractivity contribution in [2.75, 3.05) is 25.1 Å². The molecule has 0 saturated heterocycles. The second kappa shape index (κ2) is 8.40. The first kappa shape index (κ1) is 18.5. The van der Waals surface area contributed by atoms with Crippen LogP contribution in [-0.4, -0.2) is 36.6 Å². The third-order valence-electron chi connectivity index (χ3n) is 4.51. The summed E-state index contributed by atoms with van der Waals surface area (Å²) >= 11 is 0. The number of hydrogen-bond acceptors (Lipinski definition) is 4. The summed E-state index contributed by atoms with van der Waals surface area (Å²) in [5.41, 5.74) is 3.83. The SMILES string of the molecule is CCN(CC)c1ccc(N=Cc2c(-c3ccc(OC)cc3)[nH][nH]c2=O)cc1. The van der Waals surface area contributed by atoms with E-state index >= 15 is 0 Å². The molecule has 3 aromatic rings. The van der Waals surface area contributed by atoms with Gasteiger partial charge in [-0.15, -0.1) is 0 Å². The monoisotopic (exact) mass is 364 g/mol. The van der Waals surface area contributed by atoms with Crippen molar-refractivity contribution in [2.24, 2.45) is 4.99 Å². The summed E-state index contributed by atoms with van der Waals surface area (Å²) in [5, 5.41) is 5.56. The van der Waals surface area contributed by atoms with E-state index in [1.54, 1.807) is 13.3 Å². The van der Waals surface area contributed by atoms with Gasteiger partial charge in [0, 0.05) is 30.6 Å². The van der Waals surface area contributed by atoms with E-state index in [9.17, 15) is 4.79 Å². The van der Waals surface area contributed by atoms with Crippen molar-refractivity contribution < 1.29 is 4.74 Å². The van der Waals surface area contributed by atoms with Crippen LogP contribution in [0.4, 0.5) is 11.4 Å². The van der Waals surface area contributed by atoms with Gasteiger partial charge in [0.15, 0.2) is 0 Å². The van der Waals surface area contributed by atoms with Crippen LogP contribution in [0.15, 0.2) is 58.3 Å². The molecule has 0 aliphatic carbocycles. The molecule has 0 unspecified atom stereocenters. The van der Waals surface area contributed by atoms with Gasteiger partial charge in [0.25, 0.3) is 5.56 Å². The minimum absolute atomic E-state index is 0.204. The molecule has 2 N–H and O–H groups in total. The Bertz CT molecular complexity index is 949. The Hall–Kier alpha value is -3.28. The number of H-pyrrole nitrogens is 2. The molecule has 1 heterocycles. The van der Waals surface area contributed by atoms with E-state index in [0.717, 1.165) is 35.8 Å². The van der Waals surface area contributed by atoms with Crippen LogP contribution in [0.1, 0.15) is 19.4 Å². The van der Waals surface area contributed by atoms with Crippen LogP contribution in [0, 0.1) is 0 Å². The third-order valence-corrected chi connectivity index (χ3v) is 4.51. The van der Waals surface area contributed by atoms with Gasteiger partial charge in [0.2, 0.25) is 0 Å². The number of aromatic nitrogens is 2. The van der Waals surface area contributed by atoms with E-state index < -0.39 is 0 Å². The summed E-state index contributed by atoms with van der Waals surface area (Å²) in [4.78, 5) is 18.9. The summed E-state index contributed by atoms with van der Waals surface area (Å²) in [5.74, 6) is 0.764. The van der Waals surface area contributed by atoms with Gasteiger partial charge >= 0.3 is 0 Å². The smallest absolute Gasteiger partial charge is 0.273 e. The van der Waals surface area contributed by atoms with Gasteiger partial charge in [0.05, 0.1) is 24.1 Å². The Morgan fingerprint density at radius 2 is 1.67 bits per heavy atom. The fraction of sp³-hybridized carbons (Fsp3) is 0.238. The Morgan fingerprint density at radius 3 is 2.26 bits per heavy atom. The van der Waals surface area contributed by atoms with Gasteiger partial charge in [-0.3, -0.25) is 20.0 Å². The first-order valence-electron chi connectivity index (χ1n) is 9.00. The highest BCUT2D eigenvalue weighted by atomic mass is 16.5. The maximum Gasteiger partial charge on any atom is 0.273 e. The molecular formula is C21H24N4O2. The van der Waals surface area contributed by atoms with Crippen molar-refractivity contribution in [2.45, 2.75) is 13.8 Å². The summed E-state index contributed by atoms with van der Waals surface area (Å²) in [6.07, 6.45) is 1.60. The van der Waals surface area contributed by atoms with E-state index in [1.165, 1.54) is 0 Å². The van der Waals surface area contributed by atoms with Crippen LogP contribution in [-0.2, 0) is 0 Å². The molecule has 0 bridgehead atoms. The highest BCUT2D eigenvalue weighted by Gasteiger charge is 2.10. The number of rotatable bonds is 7. The quantitative estimate of drug-likeness (QED) is 0.623. The Kier molecular flexibility index (Phi) is 5.76. The first-order chi connectivity index (χ1) is 13.2. The number of aromatic amines is 2. The number of ether oxygens (including phenoxy) is 1. The van der Waals surface area contributed by atoms with Crippen LogP contribution >= 0.6 is 0 Å². The molecule has 6 heteroatoms. The lowest BCUT2D eigenvalue weighted by atomic mass is 10.1. The third kappa shape index (κ3) is 4.11. The lowest BCUT2D eigenvalue weighted by Gasteiger charge is -2.20. The second-order valence-corrected chi connectivity index (χ2v) is 6.04. The fourth-order valence-electron chi connectivity index (χ4n) is 2.95. The topological polar surface area (TPSA) is 73.5 Å². The molecule has 140 valence electrons. The molecule has 1 aromatic heterocycles. The maximum atomic E-state index is 12.2. The number of nitrogens with one attached hydrogen (secondary N) is 2. The predicted molar refractivity (Wildman–Crippen MR) is 111 cm³/mol. The van der Waals surface area contributed by atoms with Gasteiger partial charge in [-0.2, -0.15) is 0 Å². The van der Waals surface area contributed by atoms with E-state index in [0.29, 0.717) is 11.3 Å². The zero-order chi connectivity index (χ0) is 19.2. The molecule has 0 spiro atoms. The molecule has 0 aliphatic heterocycles. The van der Waals surface area contributed by atoms with E-state index in [1.807, 2.05) is 48.5 Å². The minimum Gasteiger partial charge on any atom is -0.497 e. The van der Waals surface area contributed by atoms with Crippen molar-refractivity contribution in [3.8, 4) is 17.0 Å². The molecule has 0 atom stereocenters. The molecule has 0 saturated carbocycles. The van der Waals surface area contributed by atoms with Crippen molar-refractivity contribution >= 4 is 17.6 Å². The molecule has 27 heavy (non-hydrogen) atoms. The molecule has 3 rings (SSSR count). The normalized spacial score (nSPS) is 11.1. The van der Waals surface area contributed by atoms with Crippen molar-refractivity contribution in [1.82, 2.24) is 10.2 Å². The minimum atomic E-state index is -0.204. The van der Waals surface area contributed by atoms with Crippen molar-refractivity contribution in [1.29, 1.82) is 0 Å². The average molecular weight is 364 g/mol.